The van der Waals surface area contributed by atoms with Crippen molar-refractivity contribution in [3.05, 3.63) is 35.9 Å². The van der Waals surface area contributed by atoms with Gasteiger partial charge in [0.2, 0.25) is 0 Å². The summed E-state index contributed by atoms with van der Waals surface area (Å²) in [6, 6.07) is 9.83. The van der Waals surface area contributed by atoms with E-state index in [2.05, 4.69) is 0 Å². The van der Waals surface area contributed by atoms with Gasteiger partial charge in [0, 0.05) is 5.92 Å². The maximum Gasteiger partial charge on any atom is 0.0860 e. The number of benzene rings is 1. The fourth-order valence-electron chi connectivity index (χ4n) is 1.77. The van der Waals surface area contributed by atoms with Crippen molar-refractivity contribution in [3.8, 4) is 0 Å². The Hall–Kier alpha value is -0.900. The van der Waals surface area contributed by atoms with Crippen LogP contribution < -0.4 is 0 Å². The highest BCUT2D eigenvalue weighted by atomic mass is 16.5. The lowest BCUT2D eigenvalue weighted by atomic mass is 9.96. The van der Waals surface area contributed by atoms with Gasteiger partial charge in [-0.2, -0.15) is 0 Å². The summed E-state index contributed by atoms with van der Waals surface area (Å²) in [5.41, 5.74) is 1.07. The van der Waals surface area contributed by atoms with Gasteiger partial charge in [-0.1, -0.05) is 44.2 Å². The summed E-state index contributed by atoms with van der Waals surface area (Å²) < 4.78 is 5.65. The molecule has 1 unspecified atom stereocenters. The summed E-state index contributed by atoms with van der Waals surface area (Å²) in [4.78, 5) is 0. The maximum absolute atomic E-state index is 9.73. The third-order valence-corrected chi connectivity index (χ3v) is 3.10. The molecule has 1 rings (SSSR count). The van der Waals surface area contributed by atoms with Crippen LogP contribution in [0.25, 0.3) is 0 Å². The van der Waals surface area contributed by atoms with E-state index in [-0.39, 0.29) is 18.6 Å². The third-order valence-electron chi connectivity index (χ3n) is 3.10. The first-order valence-corrected chi connectivity index (χ1v) is 6.13. The van der Waals surface area contributed by atoms with Gasteiger partial charge < -0.3 is 14.9 Å². The Labute approximate surface area is 103 Å². The summed E-state index contributed by atoms with van der Waals surface area (Å²) in [6.45, 7) is 4.23. The lowest BCUT2D eigenvalue weighted by molar-refractivity contribution is -0.0635. The van der Waals surface area contributed by atoms with Crippen molar-refractivity contribution in [1.82, 2.24) is 0 Å². The molecule has 0 bridgehead atoms. The average molecular weight is 238 g/mol. The van der Waals surface area contributed by atoms with E-state index in [0.717, 1.165) is 5.56 Å². The average Bonchev–Trinajstić information content (AvgIpc) is 2.39. The molecular weight excluding hydrogens is 216 g/mol. The predicted octanol–water partition coefficient (Wildman–Crippen LogP) is 1.97. The van der Waals surface area contributed by atoms with E-state index in [1.807, 2.05) is 44.2 Å². The van der Waals surface area contributed by atoms with Gasteiger partial charge >= 0.3 is 0 Å². The topological polar surface area (TPSA) is 49.7 Å². The molecular formula is C14H22O3. The van der Waals surface area contributed by atoms with E-state index in [0.29, 0.717) is 13.0 Å². The van der Waals surface area contributed by atoms with E-state index in [1.165, 1.54) is 0 Å². The molecule has 0 aromatic heterocycles. The molecule has 0 radical (unpaired) electrons. The number of rotatable bonds is 7. The van der Waals surface area contributed by atoms with Crippen LogP contribution in [0.4, 0.5) is 0 Å². The minimum atomic E-state index is -0.428. The van der Waals surface area contributed by atoms with E-state index >= 15 is 0 Å². The fourth-order valence-corrected chi connectivity index (χ4v) is 1.77. The number of hydrogen-bond donors (Lipinski definition) is 2. The summed E-state index contributed by atoms with van der Waals surface area (Å²) in [6.07, 6.45) is -0.0695. The second kappa shape index (κ2) is 7.43. The van der Waals surface area contributed by atoms with Gasteiger partial charge in [0.05, 0.1) is 25.4 Å². The Bertz CT molecular complexity index is 300. The molecule has 0 amide bonds. The Balaban J connectivity index is 2.47. The molecule has 0 fully saturated rings. The van der Waals surface area contributed by atoms with Crippen molar-refractivity contribution in [3.63, 3.8) is 0 Å². The molecule has 0 aliphatic carbocycles. The largest absolute Gasteiger partial charge is 0.394 e. The number of aliphatic hydroxyl groups is 2. The number of ether oxygens (including phenoxy) is 1. The quantitative estimate of drug-likeness (QED) is 0.763. The Morgan fingerprint density at radius 1 is 1.24 bits per heavy atom. The van der Waals surface area contributed by atoms with Crippen molar-refractivity contribution in [2.24, 2.45) is 5.92 Å². The van der Waals surface area contributed by atoms with Crippen molar-refractivity contribution < 1.29 is 14.9 Å². The van der Waals surface area contributed by atoms with E-state index in [9.17, 15) is 10.2 Å². The first kappa shape index (κ1) is 14.2. The zero-order valence-electron chi connectivity index (χ0n) is 10.5. The number of hydrogen-bond acceptors (Lipinski definition) is 3. The summed E-state index contributed by atoms with van der Waals surface area (Å²) in [7, 11) is 0. The lowest BCUT2D eigenvalue weighted by Gasteiger charge is -2.26. The lowest BCUT2D eigenvalue weighted by Crippen LogP contribution is -2.34. The Morgan fingerprint density at radius 2 is 1.88 bits per heavy atom. The van der Waals surface area contributed by atoms with Gasteiger partial charge in [-0.15, -0.1) is 0 Å². The van der Waals surface area contributed by atoms with Crippen LogP contribution in [0.2, 0.25) is 0 Å². The molecule has 2 N–H and O–H groups in total. The zero-order chi connectivity index (χ0) is 12.7. The Morgan fingerprint density at radius 3 is 2.41 bits per heavy atom. The van der Waals surface area contributed by atoms with Gasteiger partial charge in [-0.05, 0) is 12.0 Å². The van der Waals surface area contributed by atoms with Crippen LogP contribution in [0.15, 0.2) is 30.3 Å². The van der Waals surface area contributed by atoms with E-state index in [1.54, 1.807) is 0 Å². The van der Waals surface area contributed by atoms with Crippen LogP contribution >= 0.6 is 0 Å². The summed E-state index contributed by atoms with van der Waals surface area (Å²) >= 11 is 0. The molecule has 17 heavy (non-hydrogen) atoms. The highest BCUT2D eigenvalue weighted by molar-refractivity contribution is 5.13. The molecule has 3 nitrogen and oxygen atoms in total. The molecule has 96 valence electrons. The van der Waals surface area contributed by atoms with Crippen molar-refractivity contribution in [2.75, 3.05) is 6.61 Å². The SMILES string of the molecule is CCC(O)[C@H](C)[C@@H](CO)OCc1ccccc1. The van der Waals surface area contributed by atoms with Gasteiger partial charge in [0.25, 0.3) is 0 Å². The normalized spacial score (nSPS) is 16.5. The van der Waals surface area contributed by atoms with Crippen LogP contribution in [0.3, 0.4) is 0 Å². The summed E-state index contributed by atoms with van der Waals surface area (Å²) in [5.74, 6) is -0.0614. The van der Waals surface area contributed by atoms with E-state index < -0.39 is 6.10 Å². The Kier molecular flexibility index (Phi) is 6.19. The molecule has 0 aliphatic rings. The maximum atomic E-state index is 9.73. The van der Waals surface area contributed by atoms with Gasteiger partial charge in [-0.25, -0.2) is 0 Å². The second-order valence-electron chi connectivity index (χ2n) is 4.35. The van der Waals surface area contributed by atoms with Crippen molar-refractivity contribution in [1.29, 1.82) is 0 Å². The van der Waals surface area contributed by atoms with Crippen LogP contribution in [-0.2, 0) is 11.3 Å². The van der Waals surface area contributed by atoms with Crippen LogP contribution in [-0.4, -0.2) is 29.0 Å². The molecule has 0 heterocycles. The minimum Gasteiger partial charge on any atom is -0.394 e. The minimum absolute atomic E-state index is 0.0614. The smallest absolute Gasteiger partial charge is 0.0860 e. The highest BCUT2D eigenvalue weighted by Crippen LogP contribution is 2.16. The van der Waals surface area contributed by atoms with Crippen LogP contribution in [0.5, 0.6) is 0 Å². The zero-order valence-corrected chi connectivity index (χ0v) is 10.5. The van der Waals surface area contributed by atoms with Crippen molar-refractivity contribution in [2.45, 2.75) is 39.1 Å². The van der Waals surface area contributed by atoms with E-state index in [4.69, 9.17) is 4.74 Å². The summed E-state index contributed by atoms with van der Waals surface area (Å²) in [5, 5.41) is 19.0. The molecule has 0 saturated carbocycles. The molecule has 1 aromatic carbocycles. The molecule has 0 spiro atoms. The van der Waals surface area contributed by atoms with Crippen LogP contribution in [0, 0.1) is 5.92 Å². The van der Waals surface area contributed by atoms with Crippen molar-refractivity contribution >= 4 is 0 Å². The predicted molar refractivity (Wildman–Crippen MR) is 67.6 cm³/mol. The van der Waals surface area contributed by atoms with Gasteiger partial charge in [-0.3, -0.25) is 0 Å². The molecule has 0 aliphatic heterocycles. The molecule has 0 saturated heterocycles. The molecule has 3 atom stereocenters. The fraction of sp³-hybridized carbons (Fsp3) is 0.571. The number of aliphatic hydroxyl groups excluding tert-OH is 2. The highest BCUT2D eigenvalue weighted by Gasteiger charge is 2.23. The molecule has 3 heteroatoms. The first-order valence-electron chi connectivity index (χ1n) is 6.13. The van der Waals surface area contributed by atoms with Gasteiger partial charge in [0.1, 0.15) is 0 Å². The monoisotopic (exact) mass is 238 g/mol. The molecule has 1 aromatic rings. The van der Waals surface area contributed by atoms with Crippen LogP contribution in [0.1, 0.15) is 25.8 Å². The second-order valence-corrected chi connectivity index (χ2v) is 4.35. The third kappa shape index (κ3) is 4.46. The standard InChI is InChI=1S/C14H22O3/c1-3-13(16)11(2)14(9-15)17-10-12-7-5-4-6-8-12/h4-8,11,13-16H,3,9-10H2,1-2H3/t11-,13?,14+/m0/s1. The first-order chi connectivity index (χ1) is 8.19. The van der Waals surface area contributed by atoms with Gasteiger partial charge in [0.15, 0.2) is 0 Å².